The zero-order chi connectivity index (χ0) is 15.4. The van der Waals surface area contributed by atoms with Crippen molar-refractivity contribution >= 4 is 33.4 Å². The van der Waals surface area contributed by atoms with E-state index >= 15 is 0 Å². The Balaban J connectivity index is 2.07. The van der Waals surface area contributed by atoms with Crippen molar-refractivity contribution in [1.82, 2.24) is 5.32 Å². The summed E-state index contributed by atoms with van der Waals surface area (Å²) in [5.41, 5.74) is 1.15. The molecule has 0 saturated carbocycles. The number of ether oxygens (including phenoxy) is 2. The van der Waals surface area contributed by atoms with Crippen LogP contribution in [0.15, 0.2) is 52.5 Å². The minimum Gasteiger partial charge on any atom is -0.454 e. The van der Waals surface area contributed by atoms with Crippen LogP contribution >= 0.6 is 27.5 Å². The molecule has 0 radical (unpaired) electrons. The number of nitrogens with one attached hydrogen (secondary N) is 1. The van der Waals surface area contributed by atoms with Crippen molar-refractivity contribution in [2.45, 2.75) is 6.54 Å². The van der Waals surface area contributed by atoms with Crippen LogP contribution in [0.2, 0.25) is 0 Å². The second-order valence-corrected chi connectivity index (χ2v) is 5.51. The quantitative estimate of drug-likeness (QED) is 0.636. The van der Waals surface area contributed by atoms with Crippen molar-refractivity contribution in [3.05, 3.63) is 58.1 Å². The van der Waals surface area contributed by atoms with Gasteiger partial charge in [-0.05, 0) is 33.6 Å². The molecule has 1 heterocycles. The Morgan fingerprint density at radius 3 is 2.81 bits per heavy atom. The van der Waals surface area contributed by atoms with Gasteiger partial charge in [0.05, 0.1) is 5.57 Å². The van der Waals surface area contributed by atoms with Crippen molar-refractivity contribution in [3.8, 4) is 11.5 Å². The Kier molecular flexibility index (Phi) is 5.09. The van der Waals surface area contributed by atoms with Crippen LogP contribution in [0.4, 0.5) is 0 Å². The fraction of sp³-hybridized carbons (Fsp3) is 0.133. The van der Waals surface area contributed by atoms with Crippen LogP contribution in [0, 0.1) is 0 Å². The van der Waals surface area contributed by atoms with E-state index in [0.717, 1.165) is 5.56 Å². The van der Waals surface area contributed by atoms with E-state index in [2.05, 4.69) is 34.4 Å². The smallest absolute Gasteiger partial charge is 0.254 e. The summed E-state index contributed by atoms with van der Waals surface area (Å²) < 4.78 is 11.0. The van der Waals surface area contributed by atoms with Gasteiger partial charge in [-0.2, -0.15) is 0 Å². The molecule has 1 amide bonds. The van der Waals surface area contributed by atoms with E-state index in [-0.39, 0.29) is 23.3 Å². The predicted octanol–water partition coefficient (Wildman–Crippen LogP) is 3.62. The molecule has 0 unspecified atom stereocenters. The highest BCUT2D eigenvalue weighted by Crippen LogP contribution is 2.32. The second-order valence-electron chi connectivity index (χ2n) is 4.20. The Morgan fingerprint density at radius 2 is 2.14 bits per heavy atom. The third kappa shape index (κ3) is 3.68. The number of benzene rings is 1. The Morgan fingerprint density at radius 1 is 1.43 bits per heavy atom. The van der Waals surface area contributed by atoms with E-state index in [9.17, 15) is 4.79 Å². The third-order valence-corrected chi connectivity index (χ3v) is 3.72. The molecular formula is C15H13BrClNO3. The molecule has 0 aliphatic carbocycles. The Bertz CT molecular complexity index is 640. The molecular weight excluding hydrogens is 358 g/mol. The summed E-state index contributed by atoms with van der Waals surface area (Å²) >= 11 is 9.07. The van der Waals surface area contributed by atoms with Crippen molar-refractivity contribution < 1.29 is 14.3 Å². The number of hydrogen-bond donors (Lipinski definition) is 1. The lowest BCUT2D eigenvalue weighted by atomic mass is 10.2. The summed E-state index contributed by atoms with van der Waals surface area (Å²) in [6, 6.07) is 5.49. The maximum Gasteiger partial charge on any atom is 0.254 e. The van der Waals surface area contributed by atoms with Gasteiger partial charge in [-0.3, -0.25) is 4.79 Å². The van der Waals surface area contributed by atoms with Crippen LogP contribution in [-0.2, 0) is 11.3 Å². The van der Waals surface area contributed by atoms with Crippen LogP contribution < -0.4 is 14.8 Å². The molecule has 110 valence electrons. The van der Waals surface area contributed by atoms with Gasteiger partial charge in [-0.25, -0.2) is 0 Å². The molecule has 0 fully saturated rings. The zero-order valence-corrected chi connectivity index (χ0v) is 13.5. The minimum atomic E-state index is -0.334. The van der Waals surface area contributed by atoms with E-state index in [1.165, 1.54) is 6.08 Å². The molecule has 6 heteroatoms. The number of fused-ring (bicyclic) bond motifs is 1. The highest BCUT2D eigenvalue weighted by molar-refractivity contribution is 9.12. The summed E-state index contributed by atoms with van der Waals surface area (Å²) in [6.07, 6.45) is 1.49. The molecule has 0 spiro atoms. The molecule has 4 nitrogen and oxygen atoms in total. The van der Waals surface area contributed by atoms with E-state index in [1.807, 2.05) is 12.1 Å². The van der Waals surface area contributed by atoms with Crippen molar-refractivity contribution in [2.24, 2.45) is 0 Å². The number of rotatable bonds is 5. The molecule has 1 aromatic carbocycles. The molecule has 0 saturated heterocycles. The molecule has 1 N–H and O–H groups in total. The number of allylic oxidation sites excluding steroid dienone is 2. The Hall–Kier alpha value is -1.72. The van der Waals surface area contributed by atoms with Gasteiger partial charge in [0.2, 0.25) is 6.79 Å². The van der Waals surface area contributed by atoms with Crippen molar-refractivity contribution in [3.63, 3.8) is 0 Å². The summed E-state index contributed by atoms with van der Waals surface area (Å²) in [6.45, 7) is 7.72. The average Bonchev–Trinajstić information content (AvgIpc) is 2.92. The van der Waals surface area contributed by atoms with Crippen LogP contribution in [0.1, 0.15) is 5.56 Å². The van der Waals surface area contributed by atoms with Crippen LogP contribution in [0.25, 0.3) is 0 Å². The fourth-order valence-electron chi connectivity index (χ4n) is 1.78. The molecule has 21 heavy (non-hydrogen) atoms. The van der Waals surface area contributed by atoms with E-state index in [4.69, 9.17) is 21.1 Å². The first kappa shape index (κ1) is 15.7. The largest absolute Gasteiger partial charge is 0.454 e. The highest BCUT2D eigenvalue weighted by Gasteiger charge is 2.16. The summed E-state index contributed by atoms with van der Waals surface area (Å²) in [7, 11) is 0. The van der Waals surface area contributed by atoms with E-state index < -0.39 is 0 Å². The first-order chi connectivity index (χ1) is 10.0. The maximum atomic E-state index is 12.1. The molecule has 1 aromatic rings. The number of hydrogen-bond acceptors (Lipinski definition) is 3. The normalized spacial score (nSPS) is 13.4. The number of carbonyl (C=O) groups is 1. The van der Waals surface area contributed by atoms with Crippen LogP contribution in [0.3, 0.4) is 0 Å². The minimum absolute atomic E-state index is 0.143. The summed E-state index contributed by atoms with van der Waals surface area (Å²) in [5.74, 6) is 1.04. The number of halogens is 2. The van der Waals surface area contributed by atoms with Gasteiger partial charge >= 0.3 is 0 Å². The summed E-state index contributed by atoms with van der Waals surface area (Å²) in [4.78, 5) is 12.1. The maximum absolute atomic E-state index is 12.1. The summed E-state index contributed by atoms with van der Waals surface area (Å²) in [5, 5.41) is 2.91. The first-order valence-corrected chi connectivity index (χ1v) is 7.23. The molecule has 1 aliphatic heterocycles. The van der Waals surface area contributed by atoms with Crippen molar-refractivity contribution in [2.75, 3.05) is 6.79 Å². The van der Waals surface area contributed by atoms with Crippen LogP contribution in [0.5, 0.6) is 11.5 Å². The highest BCUT2D eigenvalue weighted by atomic mass is 79.9. The lowest BCUT2D eigenvalue weighted by Gasteiger charge is -2.09. The average molecular weight is 371 g/mol. The predicted molar refractivity (Wildman–Crippen MR) is 85.6 cm³/mol. The fourth-order valence-corrected chi connectivity index (χ4v) is 2.51. The second kappa shape index (κ2) is 6.83. The van der Waals surface area contributed by atoms with Gasteiger partial charge in [0.25, 0.3) is 5.91 Å². The molecule has 1 aliphatic rings. The molecule has 0 bridgehead atoms. The van der Waals surface area contributed by atoms with Crippen LogP contribution in [-0.4, -0.2) is 12.7 Å². The molecule has 0 atom stereocenters. The first-order valence-electron chi connectivity index (χ1n) is 6.06. The zero-order valence-electron chi connectivity index (χ0n) is 11.1. The van der Waals surface area contributed by atoms with Gasteiger partial charge in [0.1, 0.15) is 0 Å². The number of amides is 1. The monoisotopic (exact) mass is 369 g/mol. The SMILES string of the molecule is C=C/C(Br)=C(\C(=C)Cl)C(=O)NCc1ccc2c(c1)OCO2. The molecule has 0 aromatic heterocycles. The van der Waals surface area contributed by atoms with Gasteiger partial charge in [-0.15, -0.1) is 0 Å². The lowest BCUT2D eigenvalue weighted by Crippen LogP contribution is -2.25. The number of carbonyl (C=O) groups excluding carboxylic acids is 1. The Labute approximate surface area is 136 Å². The standard InChI is InChI=1S/C15H13BrClNO3/c1-3-11(16)14(9(2)17)15(19)18-7-10-4-5-12-13(6-10)21-8-20-12/h3-6H,1-2,7-8H2,(H,18,19)/b14-11-. The third-order valence-electron chi connectivity index (χ3n) is 2.81. The van der Waals surface area contributed by atoms with E-state index in [0.29, 0.717) is 22.5 Å². The molecule has 2 rings (SSSR count). The van der Waals surface area contributed by atoms with Gasteiger partial charge in [0, 0.05) is 16.1 Å². The van der Waals surface area contributed by atoms with Gasteiger partial charge < -0.3 is 14.8 Å². The topological polar surface area (TPSA) is 47.6 Å². The lowest BCUT2D eigenvalue weighted by molar-refractivity contribution is -0.117. The van der Waals surface area contributed by atoms with Gasteiger partial charge in [-0.1, -0.05) is 36.9 Å². The van der Waals surface area contributed by atoms with E-state index in [1.54, 1.807) is 6.07 Å². The van der Waals surface area contributed by atoms with Gasteiger partial charge in [0.15, 0.2) is 11.5 Å². The van der Waals surface area contributed by atoms with Crippen molar-refractivity contribution in [1.29, 1.82) is 0 Å².